The SMILES string of the molecule is C[C@H](c1cnn(C)c1)n1nc(C#N)c2c(=O)[nH]c([C@H]3CC[C@@H]3c3ncccn3)nc21. The van der Waals surface area contributed by atoms with E-state index in [1.807, 2.05) is 26.2 Å². The molecule has 0 saturated heterocycles. The second-order valence-corrected chi connectivity index (χ2v) is 7.58. The van der Waals surface area contributed by atoms with Gasteiger partial charge in [0, 0.05) is 43.0 Å². The van der Waals surface area contributed by atoms with E-state index in [4.69, 9.17) is 4.98 Å². The molecule has 0 bridgehead atoms. The van der Waals surface area contributed by atoms with Gasteiger partial charge in [0.15, 0.2) is 11.3 Å². The largest absolute Gasteiger partial charge is 0.310 e. The first kappa shape index (κ1) is 18.2. The molecule has 5 rings (SSSR count). The van der Waals surface area contributed by atoms with Gasteiger partial charge in [0.1, 0.15) is 23.1 Å². The summed E-state index contributed by atoms with van der Waals surface area (Å²) in [6.45, 7) is 1.94. The molecule has 4 aromatic rings. The van der Waals surface area contributed by atoms with Crippen LogP contribution in [0.4, 0.5) is 0 Å². The van der Waals surface area contributed by atoms with E-state index in [1.165, 1.54) is 0 Å². The van der Waals surface area contributed by atoms with Gasteiger partial charge in [-0.05, 0) is 25.8 Å². The summed E-state index contributed by atoms with van der Waals surface area (Å²) in [7, 11) is 1.83. The third-order valence-corrected chi connectivity index (χ3v) is 5.80. The van der Waals surface area contributed by atoms with Gasteiger partial charge in [0.2, 0.25) is 0 Å². The van der Waals surface area contributed by atoms with Crippen LogP contribution in [0, 0.1) is 11.3 Å². The fraction of sp³-hybridized carbons (Fsp3) is 0.350. The van der Waals surface area contributed by atoms with E-state index >= 15 is 0 Å². The van der Waals surface area contributed by atoms with Gasteiger partial charge in [0.05, 0.1) is 12.2 Å². The molecule has 0 aliphatic heterocycles. The lowest BCUT2D eigenvalue weighted by Crippen LogP contribution is -2.28. The maximum Gasteiger partial charge on any atom is 0.263 e. The van der Waals surface area contributed by atoms with Gasteiger partial charge in [-0.3, -0.25) is 9.48 Å². The summed E-state index contributed by atoms with van der Waals surface area (Å²) < 4.78 is 3.34. The number of H-pyrrole nitrogens is 1. The third-order valence-electron chi connectivity index (χ3n) is 5.80. The van der Waals surface area contributed by atoms with Crippen LogP contribution in [0.3, 0.4) is 0 Å². The summed E-state index contributed by atoms with van der Waals surface area (Å²) in [5.74, 6) is 1.47. The summed E-state index contributed by atoms with van der Waals surface area (Å²) in [5.41, 5.74) is 1.03. The molecule has 0 amide bonds. The van der Waals surface area contributed by atoms with Crippen LogP contribution in [0.2, 0.25) is 0 Å². The molecule has 10 nitrogen and oxygen atoms in total. The Morgan fingerprint density at radius 3 is 2.67 bits per heavy atom. The Morgan fingerprint density at radius 1 is 1.27 bits per heavy atom. The molecule has 4 aromatic heterocycles. The molecule has 0 spiro atoms. The molecular formula is C20H19N9O. The van der Waals surface area contributed by atoms with Crippen molar-refractivity contribution in [3.8, 4) is 6.07 Å². The molecule has 0 unspecified atom stereocenters. The summed E-state index contributed by atoms with van der Waals surface area (Å²) in [6.07, 6.45) is 8.89. The normalized spacial score (nSPS) is 19.4. The van der Waals surface area contributed by atoms with Crippen molar-refractivity contribution in [3.63, 3.8) is 0 Å². The molecular weight excluding hydrogens is 382 g/mol. The van der Waals surface area contributed by atoms with Crippen molar-refractivity contribution >= 4 is 11.0 Å². The van der Waals surface area contributed by atoms with Crippen molar-refractivity contribution in [1.29, 1.82) is 5.26 Å². The monoisotopic (exact) mass is 401 g/mol. The van der Waals surface area contributed by atoms with Gasteiger partial charge in [-0.15, -0.1) is 0 Å². The van der Waals surface area contributed by atoms with Crippen LogP contribution in [0.5, 0.6) is 0 Å². The molecule has 1 aliphatic carbocycles. The van der Waals surface area contributed by atoms with E-state index in [1.54, 1.807) is 34.0 Å². The number of aromatic amines is 1. The van der Waals surface area contributed by atoms with Crippen LogP contribution in [0.25, 0.3) is 11.0 Å². The number of nitrogens with zero attached hydrogens (tertiary/aromatic N) is 8. The first-order valence-corrected chi connectivity index (χ1v) is 9.74. The zero-order chi connectivity index (χ0) is 20.8. The Labute approximate surface area is 171 Å². The van der Waals surface area contributed by atoms with Crippen molar-refractivity contribution < 1.29 is 0 Å². The van der Waals surface area contributed by atoms with E-state index in [0.29, 0.717) is 11.5 Å². The van der Waals surface area contributed by atoms with E-state index in [2.05, 4.69) is 25.1 Å². The van der Waals surface area contributed by atoms with Crippen LogP contribution in [-0.2, 0) is 7.05 Å². The predicted octanol–water partition coefficient (Wildman–Crippen LogP) is 1.79. The van der Waals surface area contributed by atoms with Crippen molar-refractivity contribution in [2.45, 2.75) is 37.6 Å². The highest BCUT2D eigenvalue weighted by Gasteiger charge is 2.37. The Morgan fingerprint density at radius 2 is 2.03 bits per heavy atom. The Hall–Kier alpha value is -3.87. The van der Waals surface area contributed by atoms with Gasteiger partial charge in [0.25, 0.3) is 5.56 Å². The van der Waals surface area contributed by atoms with Gasteiger partial charge >= 0.3 is 0 Å². The molecule has 1 aliphatic rings. The maximum atomic E-state index is 12.9. The molecule has 3 atom stereocenters. The highest BCUT2D eigenvalue weighted by atomic mass is 16.1. The zero-order valence-corrected chi connectivity index (χ0v) is 16.5. The number of hydrogen-bond donors (Lipinski definition) is 1. The number of nitrogens with one attached hydrogen (secondary N) is 1. The standard InChI is InChI=1S/C20H19N9O/c1-11(12-9-24-28(2)10-12)29-19-16(15(8-21)27-29)20(30)26-18(25-19)14-5-4-13(14)17-22-6-3-7-23-17/h3,6-7,9-11,13-14H,4-5H2,1-2H3,(H,25,26,30)/t11-,13+,14+/m1/s1. The van der Waals surface area contributed by atoms with E-state index in [9.17, 15) is 10.1 Å². The number of hydrogen-bond acceptors (Lipinski definition) is 7. The summed E-state index contributed by atoms with van der Waals surface area (Å²) >= 11 is 0. The number of nitriles is 1. The first-order valence-electron chi connectivity index (χ1n) is 9.74. The number of aryl methyl sites for hydroxylation is 1. The number of rotatable bonds is 4. The minimum Gasteiger partial charge on any atom is -0.310 e. The van der Waals surface area contributed by atoms with Crippen LogP contribution >= 0.6 is 0 Å². The van der Waals surface area contributed by atoms with Crippen LogP contribution in [0.15, 0.2) is 35.6 Å². The Bertz CT molecular complexity index is 1330. The Balaban J connectivity index is 1.62. The Kier molecular flexibility index (Phi) is 4.17. The average Bonchev–Trinajstić information content (AvgIpc) is 3.31. The van der Waals surface area contributed by atoms with Crippen molar-refractivity contribution in [1.82, 2.24) is 39.5 Å². The molecule has 0 radical (unpaired) electrons. The lowest BCUT2D eigenvalue weighted by Gasteiger charge is -2.34. The van der Waals surface area contributed by atoms with Crippen molar-refractivity contribution in [2.75, 3.05) is 0 Å². The lowest BCUT2D eigenvalue weighted by atomic mass is 9.72. The second-order valence-electron chi connectivity index (χ2n) is 7.58. The van der Waals surface area contributed by atoms with Crippen molar-refractivity contribution in [2.24, 2.45) is 7.05 Å². The molecule has 150 valence electrons. The zero-order valence-electron chi connectivity index (χ0n) is 16.5. The number of aromatic nitrogens is 8. The van der Waals surface area contributed by atoms with Gasteiger partial charge < -0.3 is 4.98 Å². The molecule has 1 saturated carbocycles. The first-order chi connectivity index (χ1) is 14.6. The molecule has 30 heavy (non-hydrogen) atoms. The maximum absolute atomic E-state index is 12.9. The minimum absolute atomic E-state index is 0.0204. The molecule has 1 fully saturated rings. The van der Waals surface area contributed by atoms with E-state index < -0.39 is 0 Å². The van der Waals surface area contributed by atoms with E-state index in [-0.39, 0.29) is 34.5 Å². The molecule has 0 aromatic carbocycles. The lowest BCUT2D eigenvalue weighted by molar-refractivity contribution is 0.319. The van der Waals surface area contributed by atoms with Crippen LogP contribution in [0.1, 0.15) is 60.5 Å². The molecule has 4 heterocycles. The smallest absolute Gasteiger partial charge is 0.263 e. The highest BCUT2D eigenvalue weighted by molar-refractivity contribution is 5.80. The second kappa shape index (κ2) is 6.88. The molecule has 1 N–H and O–H groups in total. The summed E-state index contributed by atoms with van der Waals surface area (Å²) in [5, 5.41) is 18.3. The highest BCUT2D eigenvalue weighted by Crippen LogP contribution is 2.46. The van der Waals surface area contributed by atoms with E-state index in [0.717, 1.165) is 24.2 Å². The fourth-order valence-corrected chi connectivity index (χ4v) is 4.02. The third kappa shape index (κ3) is 2.78. The fourth-order valence-electron chi connectivity index (χ4n) is 4.02. The summed E-state index contributed by atoms with van der Waals surface area (Å²) in [6, 6.07) is 3.57. The number of fused-ring (bicyclic) bond motifs is 1. The quantitative estimate of drug-likeness (QED) is 0.551. The molecule has 10 heteroatoms. The van der Waals surface area contributed by atoms with Gasteiger partial charge in [-0.25, -0.2) is 19.6 Å². The van der Waals surface area contributed by atoms with Gasteiger partial charge in [-0.1, -0.05) is 0 Å². The predicted molar refractivity (Wildman–Crippen MR) is 107 cm³/mol. The van der Waals surface area contributed by atoms with Crippen LogP contribution < -0.4 is 5.56 Å². The summed E-state index contributed by atoms with van der Waals surface area (Å²) in [4.78, 5) is 29.3. The van der Waals surface area contributed by atoms with Crippen molar-refractivity contribution in [3.05, 3.63) is 64.1 Å². The van der Waals surface area contributed by atoms with Gasteiger partial charge in [-0.2, -0.15) is 15.5 Å². The average molecular weight is 401 g/mol. The topological polar surface area (TPSA) is 131 Å². The van der Waals surface area contributed by atoms with Crippen LogP contribution in [-0.4, -0.2) is 39.5 Å². The minimum atomic E-state index is -0.351.